The van der Waals surface area contributed by atoms with Crippen LogP contribution in [0.2, 0.25) is 0 Å². The molecule has 4 aliphatic rings. The Morgan fingerprint density at radius 2 is 1.82 bits per heavy atom. The highest BCUT2D eigenvalue weighted by atomic mass is 16.7. The molecule has 5 rings (SSSR count). The smallest absolute Gasteiger partial charge is 0.338 e. The Morgan fingerprint density at radius 1 is 1.06 bits per heavy atom. The van der Waals surface area contributed by atoms with Crippen LogP contribution >= 0.6 is 0 Å². The van der Waals surface area contributed by atoms with E-state index < -0.39 is 72.5 Å². The van der Waals surface area contributed by atoms with Gasteiger partial charge in [0.05, 0.1) is 36.5 Å². The topological polar surface area (TPSA) is 182 Å². The number of rotatable bonds is 13. The molecule has 0 aromatic heterocycles. The number of aliphatic hydroxyl groups is 2. The average Bonchev–Trinajstić information content (AvgIpc) is 3.67. The molecule has 3 fully saturated rings. The van der Waals surface area contributed by atoms with Gasteiger partial charge in [0.25, 0.3) is 0 Å². The Hall–Kier alpha value is -3.62. The molecule has 49 heavy (non-hydrogen) atoms. The third kappa shape index (κ3) is 10.2. The lowest BCUT2D eigenvalue weighted by Gasteiger charge is -2.31. The highest BCUT2D eigenvalue weighted by molar-refractivity contribution is 5.97. The van der Waals surface area contributed by atoms with E-state index in [1.165, 1.54) is 6.92 Å². The predicted octanol–water partition coefficient (Wildman–Crippen LogP) is 2.33. The third-order valence-electron chi connectivity index (χ3n) is 9.03. The summed E-state index contributed by atoms with van der Waals surface area (Å²) in [6.45, 7) is 6.04. The van der Waals surface area contributed by atoms with Gasteiger partial charge in [-0.05, 0) is 83.1 Å². The molecule has 0 radical (unpaired) electrons. The van der Waals surface area contributed by atoms with Crippen molar-refractivity contribution < 1.29 is 53.1 Å². The molecule has 268 valence electrons. The summed E-state index contributed by atoms with van der Waals surface area (Å²) in [4.78, 5) is 51.8. The molecule has 2 amide bonds. The van der Waals surface area contributed by atoms with Gasteiger partial charge in [0.2, 0.25) is 11.8 Å². The minimum Gasteiger partial charge on any atom is -0.460 e. The highest BCUT2D eigenvalue weighted by Crippen LogP contribution is 2.40. The van der Waals surface area contributed by atoms with Crippen LogP contribution in [0.4, 0.5) is 0 Å². The summed E-state index contributed by atoms with van der Waals surface area (Å²) in [5.74, 6) is -1.99. The largest absolute Gasteiger partial charge is 0.460 e. The van der Waals surface area contributed by atoms with Crippen molar-refractivity contribution in [2.75, 3.05) is 13.4 Å². The Kier molecular flexibility index (Phi) is 11.9. The monoisotopic (exact) mass is 684 g/mol. The van der Waals surface area contributed by atoms with E-state index in [4.69, 9.17) is 23.7 Å². The van der Waals surface area contributed by atoms with E-state index in [1.54, 1.807) is 39.0 Å². The van der Waals surface area contributed by atoms with E-state index in [0.717, 1.165) is 24.8 Å². The van der Waals surface area contributed by atoms with E-state index in [1.807, 2.05) is 12.1 Å². The van der Waals surface area contributed by atoms with E-state index in [0.29, 0.717) is 23.7 Å². The molecule has 3 unspecified atom stereocenters. The van der Waals surface area contributed by atoms with Gasteiger partial charge in [-0.3, -0.25) is 14.4 Å². The first-order valence-corrected chi connectivity index (χ1v) is 17.0. The molecule has 9 atom stereocenters. The SMILES string of the molecule is C[C@H](O)[C@@H](NC(=O)C1=C[C@H]2OCO[C@H]2[C@H](OC(=O)c2ccc(C=CC3CCC4OC4C3)cc2)C1)C(=O)N[C@H](CO)CCC(=O)OC(C)(C)C. The lowest BCUT2D eigenvalue weighted by atomic mass is 9.89. The fourth-order valence-corrected chi connectivity index (χ4v) is 6.34. The Morgan fingerprint density at radius 3 is 2.49 bits per heavy atom. The number of esters is 2. The van der Waals surface area contributed by atoms with Crippen molar-refractivity contribution in [3.05, 3.63) is 53.1 Å². The van der Waals surface area contributed by atoms with Gasteiger partial charge in [0.15, 0.2) is 0 Å². The summed E-state index contributed by atoms with van der Waals surface area (Å²) in [6, 6.07) is 4.89. The van der Waals surface area contributed by atoms with Crippen molar-refractivity contribution >= 4 is 29.8 Å². The summed E-state index contributed by atoms with van der Waals surface area (Å²) in [7, 11) is 0. The van der Waals surface area contributed by atoms with Crippen molar-refractivity contribution in [2.45, 2.75) is 121 Å². The number of nitrogens with one attached hydrogen (secondary N) is 2. The first-order chi connectivity index (χ1) is 23.3. The molecule has 1 aromatic rings. The second-order valence-electron chi connectivity index (χ2n) is 14.2. The van der Waals surface area contributed by atoms with Gasteiger partial charge in [-0.15, -0.1) is 0 Å². The number of carbonyl (C=O) groups is 4. The summed E-state index contributed by atoms with van der Waals surface area (Å²) in [5, 5.41) is 25.3. The van der Waals surface area contributed by atoms with Crippen LogP contribution in [0.5, 0.6) is 0 Å². The summed E-state index contributed by atoms with van der Waals surface area (Å²) >= 11 is 0. The zero-order chi connectivity index (χ0) is 35.3. The Bertz CT molecular complexity index is 1420. The van der Waals surface area contributed by atoms with Crippen LogP contribution < -0.4 is 10.6 Å². The van der Waals surface area contributed by atoms with Crippen LogP contribution in [0, 0.1) is 5.92 Å². The van der Waals surface area contributed by atoms with Gasteiger partial charge in [-0.1, -0.05) is 24.3 Å². The number of fused-ring (bicyclic) bond motifs is 2. The van der Waals surface area contributed by atoms with Crippen molar-refractivity contribution in [1.82, 2.24) is 10.6 Å². The molecule has 4 N–H and O–H groups in total. The van der Waals surface area contributed by atoms with Gasteiger partial charge >= 0.3 is 11.9 Å². The summed E-state index contributed by atoms with van der Waals surface area (Å²) in [5.41, 5.74) is 0.826. The maximum absolute atomic E-state index is 13.4. The standard InChI is InChI=1S/C36H48N2O11/c1-20(40)31(34(43)37-25(18-39)12-14-30(41)49-36(2,3)4)38-33(42)24-16-28-32(46-19-45-28)29(17-24)48-35(44)23-10-7-21(8-11-23)5-6-22-9-13-26-27(15-22)47-26/h5-8,10-11,16,20,22,25-29,31-32,39-40H,9,12-15,17-19H2,1-4H3,(H,37,43)(H,38,42)/t20-,22?,25-,26?,27?,28+,29+,31+,32+/m0/s1. The maximum atomic E-state index is 13.4. The van der Waals surface area contributed by atoms with Crippen molar-refractivity contribution in [1.29, 1.82) is 0 Å². The van der Waals surface area contributed by atoms with Crippen LogP contribution in [0.3, 0.4) is 0 Å². The predicted molar refractivity (Wildman–Crippen MR) is 176 cm³/mol. The van der Waals surface area contributed by atoms with Gasteiger partial charge in [-0.2, -0.15) is 0 Å². The lowest BCUT2D eigenvalue weighted by molar-refractivity contribution is -0.155. The molecule has 13 heteroatoms. The van der Waals surface area contributed by atoms with Crippen LogP contribution in [0.15, 0.2) is 42.0 Å². The molecule has 1 saturated carbocycles. The molecule has 2 saturated heterocycles. The van der Waals surface area contributed by atoms with Crippen molar-refractivity contribution in [3.8, 4) is 0 Å². The van der Waals surface area contributed by atoms with Crippen LogP contribution in [0.1, 0.15) is 82.1 Å². The van der Waals surface area contributed by atoms with Crippen LogP contribution in [-0.2, 0) is 38.1 Å². The normalized spacial score (nSPS) is 27.9. The van der Waals surface area contributed by atoms with Gasteiger partial charge in [0, 0.05) is 18.4 Å². The quantitative estimate of drug-likeness (QED) is 0.177. The van der Waals surface area contributed by atoms with Gasteiger partial charge in [-0.25, -0.2) is 4.79 Å². The first-order valence-electron chi connectivity index (χ1n) is 17.0. The molecular formula is C36H48N2O11. The van der Waals surface area contributed by atoms with Crippen LogP contribution in [0.25, 0.3) is 6.08 Å². The van der Waals surface area contributed by atoms with E-state index >= 15 is 0 Å². The zero-order valence-corrected chi connectivity index (χ0v) is 28.5. The highest BCUT2D eigenvalue weighted by Gasteiger charge is 2.44. The molecule has 0 bridgehead atoms. The molecule has 1 aromatic carbocycles. The molecule has 2 aliphatic carbocycles. The molecular weight excluding hydrogens is 636 g/mol. The fraction of sp³-hybridized carbons (Fsp3) is 0.611. The number of epoxide rings is 1. The van der Waals surface area contributed by atoms with Crippen LogP contribution in [-0.4, -0.2) is 102 Å². The average molecular weight is 685 g/mol. The number of hydrogen-bond acceptors (Lipinski definition) is 11. The van der Waals surface area contributed by atoms with E-state index in [-0.39, 0.29) is 31.6 Å². The van der Waals surface area contributed by atoms with E-state index in [2.05, 4.69) is 22.8 Å². The minimum atomic E-state index is -1.38. The lowest BCUT2D eigenvalue weighted by Crippen LogP contribution is -2.55. The number of ether oxygens (including phenoxy) is 5. The fourth-order valence-electron chi connectivity index (χ4n) is 6.34. The number of amides is 2. The maximum Gasteiger partial charge on any atom is 0.338 e. The number of aliphatic hydroxyl groups excluding tert-OH is 2. The van der Waals surface area contributed by atoms with E-state index in [9.17, 15) is 29.4 Å². The second-order valence-corrected chi connectivity index (χ2v) is 14.2. The van der Waals surface area contributed by atoms with Gasteiger partial charge in [0.1, 0.15) is 36.7 Å². The Balaban J connectivity index is 1.16. The Labute approximate surface area is 286 Å². The first kappa shape index (κ1) is 36.7. The number of benzene rings is 1. The number of allylic oxidation sites excluding steroid dienone is 1. The molecule has 13 nitrogen and oxygen atoms in total. The minimum absolute atomic E-state index is 0.0147. The zero-order valence-electron chi connectivity index (χ0n) is 28.5. The summed E-state index contributed by atoms with van der Waals surface area (Å²) < 4.78 is 28.0. The number of carbonyl (C=O) groups excluding carboxylic acids is 4. The van der Waals surface area contributed by atoms with Crippen molar-refractivity contribution in [3.63, 3.8) is 0 Å². The molecule has 2 heterocycles. The summed E-state index contributed by atoms with van der Waals surface area (Å²) in [6.07, 6.45) is 6.52. The third-order valence-corrected chi connectivity index (χ3v) is 9.03. The van der Waals surface area contributed by atoms with Gasteiger partial charge < -0.3 is 44.5 Å². The molecule has 2 aliphatic heterocycles. The molecule has 0 spiro atoms. The van der Waals surface area contributed by atoms with Crippen molar-refractivity contribution in [2.24, 2.45) is 5.92 Å². The number of hydrogen-bond donors (Lipinski definition) is 4. The second kappa shape index (κ2) is 15.9.